The van der Waals surface area contributed by atoms with E-state index in [1.165, 1.54) is 17.4 Å². The molecule has 3 rings (SSSR count). The van der Waals surface area contributed by atoms with E-state index in [-0.39, 0.29) is 5.91 Å². The maximum atomic E-state index is 12.3. The molecule has 0 spiro atoms. The highest BCUT2D eigenvalue weighted by Gasteiger charge is 2.11. The van der Waals surface area contributed by atoms with Crippen LogP contribution in [0.25, 0.3) is 17.3 Å². The second-order valence-corrected chi connectivity index (χ2v) is 7.29. The van der Waals surface area contributed by atoms with Gasteiger partial charge in [0.2, 0.25) is 5.91 Å². The second-order valence-electron chi connectivity index (χ2n) is 6.09. The van der Waals surface area contributed by atoms with Crippen LogP contribution in [0.15, 0.2) is 48.5 Å². The van der Waals surface area contributed by atoms with E-state index in [4.69, 9.17) is 14.2 Å². The third kappa shape index (κ3) is 4.94. The molecular weight excluding hydrogens is 388 g/mol. The van der Waals surface area contributed by atoms with Gasteiger partial charge in [-0.1, -0.05) is 6.07 Å². The highest BCUT2D eigenvalue weighted by atomic mass is 32.1. The molecule has 0 saturated heterocycles. The van der Waals surface area contributed by atoms with Gasteiger partial charge in [-0.05, 0) is 55.0 Å². The summed E-state index contributed by atoms with van der Waals surface area (Å²) in [5.41, 5.74) is 2.64. The van der Waals surface area contributed by atoms with Gasteiger partial charge >= 0.3 is 0 Å². The average molecular weight is 410 g/mol. The lowest BCUT2D eigenvalue weighted by Crippen LogP contribution is -2.07. The maximum absolute atomic E-state index is 12.3. The Balaban J connectivity index is 1.70. The monoisotopic (exact) mass is 410 g/mol. The molecule has 0 unspecified atom stereocenters. The zero-order valence-corrected chi connectivity index (χ0v) is 17.5. The summed E-state index contributed by atoms with van der Waals surface area (Å²) in [6, 6.07) is 13.1. The number of ether oxygens (including phenoxy) is 3. The molecule has 0 atom stereocenters. The van der Waals surface area contributed by atoms with E-state index in [1.807, 2.05) is 37.3 Å². The number of nitrogens with one attached hydrogen (secondary N) is 1. The first-order valence-electron chi connectivity index (χ1n) is 8.87. The fourth-order valence-electron chi connectivity index (χ4n) is 2.74. The Morgan fingerprint density at radius 1 is 1.00 bits per heavy atom. The molecule has 1 aromatic heterocycles. The number of thiazole rings is 1. The molecule has 29 heavy (non-hydrogen) atoms. The van der Waals surface area contributed by atoms with Crippen LogP contribution < -0.4 is 19.5 Å². The Bertz CT molecular complexity index is 1030. The zero-order valence-electron chi connectivity index (χ0n) is 16.7. The molecule has 0 bridgehead atoms. The van der Waals surface area contributed by atoms with Crippen molar-refractivity contribution in [2.75, 3.05) is 26.6 Å². The van der Waals surface area contributed by atoms with E-state index < -0.39 is 0 Å². The van der Waals surface area contributed by atoms with Gasteiger partial charge in [0.25, 0.3) is 0 Å². The van der Waals surface area contributed by atoms with Crippen molar-refractivity contribution in [2.45, 2.75) is 6.92 Å². The standard InChI is InChI=1S/C22H22N2O4S/c1-14-21(16-7-9-17(26-2)10-8-16)24-22(29-14)23-20(25)12-6-15-5-11-18(27-3)19(13-15)28-4/h5-13H,1-4H3,(H,23,24,25). The SMILES string of the molecule is COc1ccc(-c2nc(NC(=O)C=Cc3ccc(OC)c(OC)c3)sc2C)cc1. The van der Waals surface area contributed by atoms with Gasteiger partial charge in [0.1, 0.15) is 5.75 Å². The number of anilines is 1. The Morgan fingerprint density at radius 3 is 2.38 bits per heavy atom. The molecule has 3 aromatic rings. The van der Waals surface area contributed by atoms with Gasteiger partial charge in [-0.2, -0.15) is 0 Å². The summed E-state index contributed by atoms with van der Waals surface area (Å²) in [5, 5.41) is 3.37. The van der Waals surface area contributed by atoms with Crippen molar-refractivity contribution in [1.29, 1.82) is 0 Å². The van der Waals surface area contributed by atoms with Crippen LogP contribution in [0.4, 0.5) is 5.13 Å². The van der Waals surface area contributed by atoms with E-state index in [2.05, 4.69) is 10.3 Å². The summed E-state index contributed by atoms with van der Waals surface area (Å²) in [7, 11) is 4.78. The number of hydrogen-bond acceptors (Lipinski definition) is 6. The van der Waals surface area contributed by atoms with Crippen molar-refractivity contribution in [2.24, 2.45) is 0 Å². The molecule has 0 saturated carbocycles. The quantitative estimate of drug-likeness (QED) is 0.567. The topological polar surface area (TPSA) is 69.7 Å². The van der Waals surface area contributed by atoms with Gasteiger partial charge in [-0.3, -0.25) is 10.1 Å². The van der Waals surface area contributed by atoms with Crippen LogP contribution in [0.1, 0.15) is 10.4 Å². The average Bonchev–Trinajstić information content (AvgIpc) is 3.11. The number of carbonyl (C=O) groups is 1. The normalized spacial score (nSPS) is 10.8. The molecule has 0 fully saturated rings. The largest absolute Gasteiger partial charge is 0.497 e. The van der Waals surface area contributed by atoms with E-state index >= 15 is 0 Å². The van der Waals surface area contributed by atoms with Crippen molar-refractivity contribution in [3.63, 3.8) is 0 Å². The molecule has 0 aliphatic carbocycles. The molecule has 0 aliphatic heterocycles. The third-order valence-electron chi connectivity index (χ3n) is 4.22. The smallest absolute Gasteiger partial charge is 0.250 e. The molecular formula is C22H22N2O4S. The molecule has 2 aromatic carbocycles. The Hall–Kier alpha value is -3.32. The molecule has 0 aliphatic rings. The predicted octanol–water partition coefficient (Wildman–Crippen LogP) is 4.80. The summed E-state index contributed by atoms with van der Waals surface area (Å²) in [5.74, 6) is 1.78. The highest BCUT2D eigenvalue weighted by Crippen LogP contribution is 2.31. The number of rotatable bonds is 7. The van der Waals surface area contributed by atoms with Crippen LogP contribution >= 0.6 is 11.3 Å². The summed E-state index contributed by atoms with van der Waals surface area (Å²) < 4.78 is 15.7. The minimum atomic E-state index is -0.255. The molecule has 1 N–H and O–H groups in total. The minimum absolute atomic E-state index is 0.255. The molecule has 7 heteroatoms. The van der Waals surface area contributed by atoms with Crippen LogP contribution in [-0.2, 0) is 4.79 Å². The van der Waals surface area contributed by atoms with Gasteiger partial charge in [0.05, 0.1) is 27.0 Å². The lowest BCUT2D eigenvalue weighted by atomic mass is 10.1. The van der Waals surface area contributed by atoms with E-state index in [9.17, 15) is 4.79 Å². The Labute approximate surface area is 173 Å². The molecule has 6 nitrogen and oxygen atoms in total. The predicted molar refractivity (Wildman–Crippen MR) is 116 cm³/mol. The van der Waals surface area contributed by atoms with Crippen LogP contribution in [0.3, 0.4) is 0 Å². The molecule has 150 valence electrons. The van der Waals surface area contributed by atoms with Crippen molar-refractivity contribution >= 4 is 28.5 Å². The fourth-order valence-corrected chi connectivity index (χ4v) is 3.58. The number of aromatic nitrogens is 1. The van der Waals surface area contributed by atoms with Crippen molar-refractivity contribution in [3.05, 3.63) is 59.0 Å². The lowest BCUT2D eigenvalue weighted by Gasteiger charge is -2.07. The number of methoxy groups -OCH3 is 3. The summed E-state index contributed by atoms with van der Waals surface area (Å²) in [6.45, 7) is 1.98. The van der Waals surface area contributed by atoms with E-state index in [0.717, 1.165) is 27.4 Å². The van der Waals surface area contributed by atoms with Crippen LogP contribution in [0.2, 0.25) is 0 Å². The van der Waals surface area contributed by atoms with E-state index in [1.54, 1.807) is 39.5 Å². The van der Waals surface area contributed by atoms with Gasteiger partial charge in [-0.25, -0.2) is 4.98 Å². The number of benzene rings is 2. The van der Waals surface area contributed by atoms with Crippen LogP contribution in [0.5, 0.6) is 17.2 Å². The summed E-state index contributed by atoms with van der Waals surface area (Å²) in [6.07, 6.45) is 3.17. The molecule has 0 radical (unpaired) electrons. The number of amides is 1. The first kappa shape index (κ1) is 20.4. The maximum Gasteiger partial charge on any atom is 0.250 e. The van der Waals surface area contributed by atoms with Gasteiger partial charge in [0.15, 0.2) is 16.6 Å². The summed E-state index contributed by atoms with van der Waals surface area (Å²) >= 11 is 1.44. The van der Waals surface area contributed by atoms with Crippen molar-refractivity contribution in [1.82, 2.24) is 4.98 Å². The summed E-state index contributed by atoms with van der Waals surface area (Å²) in [4.78, 5) is 17.9. The zero-order chi connectivity index (χ0) is 20.8. The number of hydrogen-bond donors (Lipinski definition) is 1. The molecule has 1 amide bonds. The number of nitrogens with zero attached hydrogens (tertiary/aromatic N) is 1. The fraction of sp³-hybridized carbons (Fsp3) is 0.182. The second kappa shape index (κ2) is 9.25. The van der Waals surface area contributed by atoms with Gasteiger partial charge < -0.3 is 14.2 Å². The number of carbonyl (C=O) groups excluding carboxylic acids is 1. The van der Waals surface area contributed by atoms with Gasteiger partial charge in [0, 0.05) is 16.5 Å². The Morgan fingerprint density at radius 2 is 1.72 bits per heavy atom. The highest BCUT2D eigenvalue weighted by molar-refractivity contribution is 7.16. The van der Waals surface area contributed by atoms with Gasteiger partial charge in [-0.15, -0.1) is 11.3 Å². The lowest BCUT2D eigenvalue weighted by molar-refractivity contribution is -0.111. The van der Waals surface area contributed by atoms with Crippen molar-refractivity contribution in [3.8, 4) is 28.5 Å². The van der Waals surface area contributed by atoms with Crippen LogP contribution in [-0.4, -0.2) is 32.2 Å². The number of aryl methyl sites for hydroxylation is 1. The first-order valence-corrected chi connectivity index (χ1v) is 9.68. The Kier molecular flexibility index (Phi) is 6.51. The minimum Gasteiger partial charge on any atom is -0.497 e. The van der Waals surface area contributed by atoms with Crippen molar-refractivity contribution < 1.29 is 19.0 Å². The molecule has 1 heterocycles. The van der Waals surface area contributed by atoms with E-state index in [0.29, 0.717) is 16.6 Å². The van der Waals surface area contributed by atoms with Crippen LogP contribution in [0, 0.1) is 6.92 Å². The third-order valence-corrected chi connectivity index (χ3v) is 5.11. The first-order chi connectivity index (χ1) is 14.0.